The van der Waals surface area contributed by atoms with E-state index in [4.69, 9.17) is 11.6 Å². The van der Waals surface area contributed by atoms with Crippen molar-refractivity contribution in [3.63, 3.8) is 0 Å². The van der Waals surface area contributed by atoms with Gasteiger partial charge in [0.25, 0.3) is 11.5 Å². The normalized spacial score (nSPS) is 21.0. The highest BCUT2D eigenvalue weighted by Crippen LogP contribution is 2.36. The van der Waals surface area contributed by atoms with Gasteiger partial charge in [-0.05, 0) is 42.8 Å². The molecular formula is C15H19BrClN3O2. The average molecular weight is 389 g/mol. The van der Waals surface area contributed by atoms with Gasteiger partial charge in [0.05, 0.1) is 9.50 Å². The number of aromatic nitrogens is 1. The van der Waals surface area contributed by atoms with Crippen molar-refractivity contribution in [2.45, 2.75) is 44.8 Å². The number of pyridine rings is 1. The van der Waals surface area contributed by atoms with Crippen molar-refractivity contribution in [1.82, 2.24) is 14.8 Å². The second kappa shape index (κ2) is 5.08. The van der Waals surface area contributed by atoms with Crippen LogP contribution in [-0.2, 0) is 5.66 Å². The molecular weight excluding hydrogens is 370 g/mol. The van der Waals surface area contributed by atoms with Crippen molar-refractivity contribution in [3.8, 4) is 0 Å². The van der Waals surface area contributed by atoms with Crippen LogP contribution >= 0.6 is 27.5 Å². The van der Waals surface area contributed by atoms with Crippen LogP contribution in [0.5, 0.6) is 0 Å². The fourth-order valence-corrected chi connectivity index (χ4v) is 4.21. The largest absolute Gasteiger partial charge is 0.327 e. The molecule has 0 saturated carbocycles. The summed E-state index contributed by atoms with van der Waals surface area (Å²) in [5, 5.41) is 3.31. The standard InChI is InChI=1S/C15H19BrClN3O2/c1-14(2,3)19-6-4-15(5-7-19)18-12(21)11-10(17)8-9(16)13(22)20(11)15/h8H,4-7H2,1-3H3,(H,18,21). The number of amides is 1. The van der Waals surface area contributed by atoms with Crippen LogP contribution in [0, 0.1) is 0 Å². The zero-order valence-corrected chi connectivity index (χ0v) is 15.2. The molecule has 2 aliphatic rings. The van der Waals surface area contributed by atoms with E-state index in [1.54, 1.807) is 4.57 Å². The van der Waals surface area contributed by atoms with E-state index in [0.717, 1.165) is 13.1 Å². The Kier molecular flexibility index (Phi) is 3.70. The van der Waals surface area contributed by atoms with Gasteiger partial charge in [0.2, 0.25) is 0 Å². The SMILES string of the molecule is CC(C)(C)N1CCC2(CC1)NC(=O)c1c(Cl)cc(Br)c(=O)n12. The van der Waals surface area contributed by atoms with Gasteiger partial charge in [0.1, 0.15) is 11.4 Å². The Labute approximate surface area is 142 Å². The predicted octanol–water partition coefficient (Wildman–Crippen LogP) is 2.55. The molecule has 3 rings (SSSR count). The Bertz CT molecular complexity index is 700. The molecule has 1 saturated heterocycles. The minimum absolute atomic E-state index is 0.0763. The van der Waals surface area contributed by atoms with Gasteiger partial charge in [0.15, 0.2) is 0 Å². The van der Waals surface area contributed by atoms with E-state index in [1.165, 1.54) is 6.07 Å². The van der Waals surface area contributed by atoms with Crippen molar-refractivity contribution >= 4 is 33.4 Å². The maximum atomic E-state index is 12.6. The van der Waals surface area contributed by atoms with Crippen LogP contribution in [0.1, 0.15) is 44.1 Å². The third-order valence-corrected chi connectivity index (χ3v) is 5.50. The number of carbonyl (C=O) groups excluding carboxylic acids is 1. The third kappa shape index (κ3) is 2.32. The molecule has 1 amide bonds. The van der Waals surface area contributed by atoms with E-state index in [2.05, 4.69) is 46.9 Å². The zero-order valence-electron chi connectivity index (χ0n) is 12.9. The lowest BCUT2D eigenvalue weighted by atomic mass is 9.93. The molecule has 1 aromatic rings. The molecule has 0 unspecified atom stereocenters. The summed E-state index contributed by atoms with van der Waals surface area (Å²) in [6.45, 7) is 8.16. The summed E-state index contributed by atoms with van der Waals surface area (Å²) in [6.07, 6.45) is 1.38. The van der Waals surface area contributed by atoms with Crippen LogP contribution in [0.25, 0.3) is 0 Å². The Morgan fingerprint density at radius 3 is 2.41 bits per heavy atom. The summed E-state index contributed by atoms with van der Waals surface area (Å²) in [5.41, 5.74) is -0.507. The molecule has 1 fully saturated rings. The fourth-order valence-electron chi connectivity index (χ4n) is 3.40. The molecule has 120 valence electrons. The molecule has 0 aliphatic carbocycles. The minimum Gasteiger partial charge on any atom is -0.327 e. The van der Waals surface area contributed by atoms with Crippen LogP contribution in [0.4, 0.5) is 0 Å². The van der Waals surface area contributed by atoms with Crippen molar-refractivity contribution < 1.29 is 4.79 Å². The summed E-state index contributed by atoms with van der Waals surface area (Å²) in [7, 11) is 0. The molecule has 7 heteroatoms. The zero-order chi connectivity index (χ0) is 16.3. The number of hydrogen-bond acceptors (Lipinski definition) is 3. The van der Waals surface area contributed by atoms with Gasteiger partial charge in [-0.1, -0.05) is 11.6 Å². The quantitative estimate of drug-likeness (QED) is 0.743. The Hall–Kier alpha value is -0.850. The van der Waals surface area contributed by atoms with E-state index in [9.17, 15) is 9.59 Å². The topological polar surface area (TPSA) is 54.3 Å². The monoisotopic (exact) mass is 387 g/mol. The third-order valence-electron chi connectivity index (χ3n) is 4.64. The first-order valence-electron chi connectivity index (χ1n) is 7.35. The van der Waals surface area contributed by atoms with Crippen LogP contribution in [0.3, 0.4) is 0 Å². The summed E-state index contributed by atoms with van der Waals surface area (Å²) in [6, 6.07) is 1.50. The molecule has 0 bridgehead atoms. The highest BCUT2D eigenvalue weighted by molar-refractivity contribution is 9.10. The summed E-state index contributed by atoms with van der Waals surface area (Å²) in [4.78, 5) is 27.2. The average Bonchev–Trinajstić information content (AvgIpc) is 2.69. The second-order valence-electron chi connectivity index (χ2n) is 6.97. The smallest absolute Gasteiger partial charge is 0.271 e. The van der Waals surface area contributed by atoms with E-state index in [1.807, 2.05) is 0 Å². The number of nitrogens with zero attached hydrogens (tertiary/aromatic N) is 2. The van der Waals surface area contributed by atoms with Gasteiger partial charge in [-0.3, -0.25) is 19.1 Å². The molecule has 2 aliphatic heterocycles. The van der Waals surface area contributed by atoms with Crippen molar-refractivity contribution in [2.75, 3.05) is 13.1 Å². The van der Waals surface area contributed by atoms with Gasteiger partial charge >= 0.3 is 0 Å². The molecule has 1 N–H and O–H groups in total. The number of carbonyl (C=O) groups is 1. The Morgan fingerprint density at radius 2 is 1.86 bits per heavy atom. The van der Waals surface area contributed by atoms with Crippen molar-refractivity contribution in [2.24, 2.45) is 0 Å². The highest BCUT2D eigenvalue weighted by atomic mass is 79.9. The Balaban J connectivity index is 2.04. The maximum absolute atomic E-state index is 12.6. The lowest BCUT2D eigenvalue weighted by molar-refractivity contribution is 0.0370. The van der Waals surface area contributed by atoms with Gasteiger partial charge < -0.3 is 5.32 Å². The number of rotatable bonds is 0. The molecule has 0 radical (unpaired) electrons. The Morgan fingerprint density at radius 1 is 1.27 bits per heavy atom. The van der Waals surface area contributed by atoms with E-state index >= 15 is 0 Å². The molecule has 0 aromatic carbocycles. The first-order chi connectivity index (χ1) is 10.2. The van der Waals surface area contributed by atoms with Crippen LogP contribution in [0.15, 0.2) is 15.3 Å². The molecule has 1 spiro atoms. The number of halogens is 2. The number of fused-ring (bicyclic) bond motifs is 2. The molecule has 3 heterocycles. The van der Waals surface area contributed by atoms with Gasteiger partial charge in [-0.2, -0.15) is 0 Å². The van der Waals surface area contributed by atoms with E-state index < -0.39 is 5.66 Å². The van der Waals surface area contributed by atoms with E-state index in [0.29, 0.717) is 22.3 Å². The summed E-state index contributed by atoms with van der Waals surface area (Å²) in [5.74, 6) is -0.265. The lowest BCUT2D eigenvalue weighted by Gasteiger charge is -2.45. The number of nitrogens with one attached hydrogen (secondary N) is 1. The molecule has 1 aromatic heterocycles. The van der Waals surface area contributed by atoms with E-state index in [-0.39, 0.29) is 22.7 Å². The molecule has 0 atom stereocenters. The van der Waals surface area contributed by atoms with Crippen molar-refractivity contribution in [1.29, 1.82) is 0 Å². The lowest BCUT2D eigenvalue weighted by Crippen LogP contribution is -2.57. The number of hydrogen-bond donors (Lipinski definition) is 1. The number of likely N-dealkylation sites (tertiary alicyclic amines) is 1. The van der Waals surface area contributed by atoms with Crippen LogP contribution < -0.4 is 10.9 Å². The molecule has 5 nitrogen and oxygen atoms in total. The van der Waals surface area contributed by atoms with Crippen molar-refractivity contribution in [3.05, 3.63) is 31.6 Å². The molecule has 22 heavy (non-hydrogen) atoms. The van der Waals surface area contributed by atoms with Gasteiger partial charge in [0, 0.05) is 31.5 Å². The van der Waals surface area contributed by atoms with Gasteiger partial charge in [-0.15, -0.1) is 0 Å². The summed E-state index contributed by atoms with van der Waals surface area (Å²) >= 11 is 9.43. The van der Waals surface area contributed by atoms with Crippen LogP contribution in [0.2, 0.25) is 5.02 Å². The first-order valence-corrected chi connectivity index (χ1v) is 8.52. The fraction of sp³-hybridized carbons (Fsp3) is 0.600. The first kappa shape index (κ1) is 16.0. The second-order valence-corrected chi connectivity index (χ2v) is 8.23. The summed E-state index contributed by atoms with van der Waals surface area (Å²) < 4.78 is 1.94. The highest BCUT2D eigenvalue weighted by Gasteiger charge is 2.47. The van der Waals surface area contributed by atoms with Crippen LogP contribution in [-0.4, -0.2) is 34.0 Å². The van der Waals surface area contributed by atoms with Gasteiger partial charge in [-0.25, -0.2) is 0 Å². The minimum atomic E-state index is -0.654. The number of piperidine rings is 1. The predicted molar refractivity (Wildman–Crippen MR) is 89.4 cm³/mol. The maximum Gasteiger partial charge on any atom is 0.271 e.